The summed E-state index contributed by atoms with van der Waals surface area (Å²) in [6.45, 7) is 0. The summed E-state index contributed by atoms with van der Waals surface area (Å²) in [7, 11) is -5.26. The maximum absolute atomic E-state index is 12.4. The fourth-order valence-electron chi connectivity index (χ4n) is 1.97. The molecule has 0 amide bonds. The van der Waals surface area contributed by atoms with E-state index in [2.05, 4.69) is 9.46 Å². The summed E-state index contributed by atoms with van der Waals surface area (Å²) in [6, 6.07) is 8.71. The molecule has 2 rings (SSSR count). The average molecular weight is 424 g/mol. The summed E-state index contributed by atoms with van der Waals surface area (Å²) in [5, 5.41) is 0. The molecule has 0 bridgehead atoms. The Morgan fingerprint density at radius 1 is 0.926 bits per heavy atom. The topological polar surface area (TPSA) is 92.8 Å². The van der Waals surface area contributed by atoms with Gasteiger partial charge in [0.25, 0.3) is 10.0 Å². The van der Waals surface area contributed by atoms with Gasteiger partial charge in [0.2, 0.25) is 10.0 Å². The van der Waals surface area contributed by atoms with Crippen LogP contribution in [0.5, 0.6) is 5.75 Å². The first-order valence-electron chi connectivity index (χ1n) is 7.22. The number of benzene rings is 2. The van der Waals surface area contributed by atoms with E-state index in [0.29, 0.717) is 0 Å². The lowest BCUT2D eigenvalue weighted by molar-refractivity contribution is -0.274. The molecule has 12 heteroatoms. The summed E-state index contributed by atoms with van der Waals surface area (Å²) in [6.07, 6.45) is -4.89. The Labute approximate surface area is 154 Å². The Morgan fingerprint density at radius 2 is 1.52 bits per heavy atom. The number of ether oxygens (including phenoxy) is 1. The van der Waals surface area contributed by atoms with Crippen LogP contribution < -0.4 is 9.46 Å². The zero-order valence-corrected chi connectivity index (χ0v) is 15.7. The largest absolute Gasteiger partial charge is 0.573 e. The van der Waals surface area contributed by atoms with Gasteiger partial charge < -0.3 is 4.74 Å². The molecular weight excluding hydrogens is 409 g/mol. The highest BCUT2D eigenvalue weighted by atomic mass is 32.2. The molecule has 0 aliphatic rings. The third-order valence-corrected chi connectivity index (χ3v) is 6.44. The van der Waals surface area contributed by atoms with Crippen molar-refractivity contribution in [2.45, 2.75) is 16.2 Å². The Hall–Kier alpha value is -2.31. The molecule has 2 aromatic carbocycles. The van der Waals surface area contributed by atoms with Crippen LogP contribution in [-0.4, -0.2) is 41.6 Å². The van der Waals surface area contributed by atoms with Crippen molar-refractivity contribution in [1.82, 2.24) is 4.31 Å². The molecule has 0 atom stereocenters. The van der Waals surface area contributed by atoms with Gasteiger partial charge in [-0.1, -0.05) is 6.07 Å². The maximum Gasteiger partial charge on any atom is 0.573 e. The Balaban J connectivity index is 2.27. The molecule has 0 radical (unpaired) electrons. The van der Waals surface area contributed by atoms with E-state index in [0.717, 1.165) is 34.6 Å². The lowest BCUT2D eigenvalue weighted by Crippen LogP contribution is -2.22. The van der Waals surface area contributed by atoms with Crippen molar-refractivity contribution >= 4 is 25.7 Å². The molecule has 7 nitrogen and oxygen atoms in total. The van der Waals surface area contributed by atoms with Gasteiger partial charge in [0.1, 0.15) is 5.75 Å². The quantitative estimate of drug-likeness (QED) is 0.770. The van der Waals surface area contributed by atoms with Crippen molar-refractivity contribution in [2.24, 2.45) is 0 Å². The van der Waals surface area contributed by atoms with E-state index in [4.69, 9.17) is 0 Å². The Kier molecular flexibility index (Phi) is 5.73. The van der Waals surface area contributed by atoms with E-state index in [1.54, 1.807) is 0 Å². The predicted octanol–water partition coefficient (Wildman–Crippen LogP) is 2.64. The highest BCUT2D eigenvalue weighted by Crippen LogP contribution is 2.25. The van der Waals surface area contributed by atoms with Gasteiger partial charge in [-0.2, -0.15) is 0 Å². The van der Waals surface area contributed by atoms with Gasteiger partial charge in [-0.25, -0.2) is 21.1 Å². The maximum atomic E-state index is 12.4. The minimum absolute atomic E-state index is 0.0199. The molecule has 0 spiro atoms. The highest BCUT2D eigenvalue weighted by molar-refractivity contribution is 7.92. The molecule has 0 saturated carbocycles. The second-order valence-corrected chi connectivity index (χ2v) is 9.27. The molecule has 0 aromatic heterocycles. The van der Waals surface area contributed by atoms with Crippen molar-refractivity contribution in [1.29, 1.82) is 0 Å². The van der Waals surface area contributed by atoms with Crippen molar-refractivity contribution in [3.05, 3.63) is 48.5 Å². The van der Waals surface area contributed by atoms with Crippen LogP contribution in [0.4, 0.5) is 18.9 Å². The number of hydrogen-bond acceptors (Lipinski definition) is 5. The van der Waals surface area contributed by atoms with E-state index in [-0.39, 0.29) is 15.5 Å². The Morgan fingerprint density at radius 3 is 2.04 bits per heavy atom. The lowest BCUT2D eigenvalue weighted by Gasteiger charge is -2.13. The number of sulfonamides is 2. The van der Waals surface area contributed by atoms with Gasteiger partial charge in [-0.05, 0) is 42.5 Å². The standard InChI is InChI=1S/C15H15F3N2O5S2/c1-20(2)27(23,24)14-5-3-4-11(10-14)19-26(21,22)13-8-6-12(7-9-13)25-15(16,17)18/h3-10,19H,1-2H3. The van der Waals surface area contributed by atoms with Gasteiger partial charge in [0, 0.05) is 14.1 Å². The smallest absolute Gasteiger partial charge is 0.406 e. The number of nitrogens with one attached hydrogen (secondary N) is 1. The van der Waals surface area contributed by atoms with Crippen LogP contribution in [0.2, 0.25) is 0 Å². The third kappa shape index (κ3) is 5.34. The molecule has 148 valence electrons. The number of halogens is 3. The number of alkyl halides is 3. The van der Waals surface area contributed by atoms with Gasteiger partial charge >= 0.3 is 6.36 Å². The van der Waals surface area contributed by atoms with Crippen LogP contribution in [0, 0.1) is 0 Å². The van der Waals surface area contributed by atoms with Crippen LogP contribution in [0.15, 0.2) is 58.3 Å². The molecule has 0 unspecified atom stereocenters. The average Bonchev–Trinajstić information content (AvgIpc) is 2.53. The molecule has 0 aliphatic carbocycles. The van der Waals surface area contributed by atoms with Crippen LogP contribution in [0.1, 0.15) is 0 Å². The molecular formula is C15H15F3N2O5S2. The first-order chi connectivity index (χ1) is 12.3. The van der Waals surface area contributed by atoms with E-state index >= 15 is 0 Å². The normalized spacial score (nSPS) is 12.8. The summed E-state index contributed by atoms with van der Waals surface area (Å²) in [4.78, 5) is -0.445. The first kappa shape index (κ1) is 21.0. The highest BCUT2D eigenvalue weighted by Gasteiger charge is 2.31. The molecule has 2 aromatic rings. The number of nitrogens with zero attached hydrogens (tertiary/aromatic N) is 1. The van der Waals surface area contributed by atoms with E-state index in [9.17, 15) is 30.0 Å². The molecule has 0 saturated heterocycles. The fraction of sp³-hybridized carbons (Fsp3) is 0.200. The van der Waals surface area contributed by atoms with Gasteiger partial charge in [0.05, 0.1) is 15.5 Å². The molecule has 0 aliphatic heterocycles. The fourth-order valence-corrected chi connectivity index (χ4v) is 3.96. The molecule has 1 N–H and O–H groups in total. The van der Waals surface area contributed by atoms with Gasteiger partial charge in [-0.3, -0.25) is 4.72 Å². The van der Waals surface area contributed by atoms with Crippen LogP contribution in [-0.2, 0) is 20.0 Å². The van der Waals surface area contributed by atoms with Crippen LogP contribution in [0.3, 0.4) is 0 Å². The molecule has 0 heterocycles. The van der Waals surface area contributed by atoms with Crippen molar-refractivity contribution in [3.8, 4) is 5.75 Å². The van der Waals surface area contributed by atoms with Crippen LogP contribution in [0.25, 0.3) is 0 Å². The Bertz CT molecular complexity index is 1020. The van der Waals surface area contributed by atoms with Gasteiger partial charge in [-0.15, -0.1) is 13.2 Å². The van der Waals surface area contributed by atoms with Crippen LogP contribution >= 0.6 is 0 Å². The summed E-state index contributed by atoms with van der Waals surface area (Å²) in [5.74, 6) is -0.569. The second kappa shape index (κ2) is 7.37. The zero-order chi connectivity index (χ0) is 20.5. The second-order valence-electron chi connectivity index (χ2n) is 5.44. The SMILES string of the molecule is CN(C)S(=O)(=O)c1cccc(NS(=O)(=O)c2ccc(OC(F)(F)F)cc2)c1. The summed E-state index contributed by atoms with van der Waals surface area (Å²) in [5.41, 5.74) is -0.0199. The van der Waals surface area contributed by atoms with E-state index < -0.39 is 32.2 Å². The number of rotatable bonds is 6. The number of anilines is 1. The monoisotopic (exact) mass is 424 g/mol. The van der Waals surface area contributed by atoms with Crippen molar-refractivity contribution in [3.63, 3.8) is 0 Å². The molecule has 27 heavy (non-hydrogen) atoms. The predicted molar refractivity (Wildman–Crippen MR) is 91.2 cm³/mol. The van der Waals surface area contributed by atoms with E-state index in [1.165, 1.54) is 32.3 Å². The summed E-state index contributed by atoms with van der Waals surface area (Å²) >= 11 is 0. The van der Waals surface area contributed by atoms with E-state index in [1.807, 2.05) is 0 Å². The third-order valence-electron chi connectivity index (χ3n) is 3.23. The number of hydrogen-bond donors (Lipinski definition) is 1. The minimum Gasteiger partial charge on any atom is -0.406 e. The first-order valence-corrected chi connectivity index (χ1v) is 10.1. The molecule has 0 fully saturated rings. The minimum atomic E-state index is -4.89. The van der Waals surface area contributed by atoms with Crippen molar-refractivity contribution in [2.75, 3.05) is 18.8 Å². The zero-order valence-electron chi connectivity index (χ0n) is 14.1. The van der Waals surface area contributed by atoms with Crippen molar-refractivity contribution < 1.29 is 34.7 Å². The summed E-state index contributed by atoms with van der Waals surface area (Å²) < 4.78 is 92.2. The van der Waals surface area contributed by atoms with Gasteiger partial charge in [0.15, 0.2) is 0 Å². The lowest BCUT2D eigenvalue weighted by atomic mass is 10.3.